The summed E-state index contributed by atoms with van der Waals surface area (Å²) in [6.07, 6.45) is 3.63. The molecule has 0 saturated carbocycles. The second-order valence-corrected chi connectivity index (χ2v) is 6.25. The molecule has 4 nitrogen and oxygen atoms in total. The van der Waals surface area contributed by atoms with Crippen molar-refractivity contribution in [2.45, 2.75) is 6.42 Å². The molecule has 134 valence electrons. The molecular formula is C21H21FN2O2. The van der Waals surface area contributed by atoms with Crippen molar-refractivity contribution in [2.24, 2.45) is 0 Å². The lowest BCUT2D eigenvalue weighted by molar-refractivity contribution is -0.136. The Hall–Kier alpha value is -2.95. The van der Waals surface area contributed by atoms with Crippen molar-refractivity contribution in [1.82, 2.24) is 9.80 Å². The molecule has 2 aromatic carbocycles. The number of hydrogen-bond donors (Lipinski definition) is 0. The van der Waals surface area contributed by atoms with Gasteiger partial charge in [-0.25, -0.2) is 4.39 Å². The molecule has 1 fully saturated rings. The molecule has 0 unspecified atom stereocenters. The zero-order chi connectivity index (χ0) is 18.4. The summed E-state index contributed by atoms with van der Waals surface area (Å²) in [6, 6.07) is 15.6. The fourth-order valence-corrected chi connectivity index (χ4v) is 2.90. The zero-order valence-electron chi connectivity index (χ0n) is 14.5. The lowest BCUT2D eigenvalue weighted by Gasteiger charge is -2.34. The Morgan fingerprint density at radius 3 is 2.15 bits per heavy atom. The third-order valence-corrected chi connectivity index (χ3v) is 4.43. The van der Waals surface area contributed by atoms with Gasteiger partial charge in [-0.2, -0.15) is 0 Å². The molecule has 3 rings (SSSR count). The van der Waals surface area contributed by atoms with Crippen molar-refractivity contribution < 1.29 is 14.0 Å². The van der Waals surface area contributed by atoms with Gasteiger partial charge in [0.15, 0.2) is 0 Å². The topological polar surface area (TPSA) is 40.6 Å². The zero-order valence-corrected chi connectivity index (χ0v) is 14.5. The number of amides is 2. The molecule has 0 radical (unpaired) electrons. The van der Waals surface area contributed by atoms with Gasteiger partial charge in [0.05, 0.1) is 6.42 Å². The van der Waals surface area contributed by atoms with E-state index in [0.29, 0.717) is 26.2 Å². The molecule has 26 heavy (non-hydrogen) atoms. The van der Waals surface area contributed by atoms with Crippen LogP contribution >= 0.6 is 0 Å². The van der Waals surface area contributed by atoms with Crippen molar-refractivity contribution in [2.75, 3.05) is 26.2 Å². The van der Waals surface area contributed by atoms with Crippen molar-refractivity contribution in [3.05, 3.63) is 77.6 Å². The normalized spacial score (nSPS) is 14.7. The predicted octanol–water partition coefficient (Wildman–Crippen LogP) is 2.75. The second-order valence-electron chi connectivity index (χ2n) is 6.25. The lowest BCUT2D eigenvalue weighted by atomic mass is 10.1. The summed E-state index contributed by atoms with van der Waals surface area (Å²) >= 11 is 0. The maximum atomic E-state index is 12.9. The van der Waals surface area contributed by atoms with E-state index in [-0.39, 0.29) is 24.1 Å². The average Bonchev–Trinajstić information content (AvgIpc) is 2.69. The number of carbonyl (C=O) groups excluding carboxylic acids is 2. The van der Waals surface area contributed by atoms with Crippen LogP contribution in [0.3, 0.4) is 0 Å². The summed E-state index contributed by atoms with van der Waals surface area (Å²) in [6.45, 7) is 2.08. The van der Waals surface area contributed by atoms with Crippen LogP contribution < -0.4 is 0 Å². The number of rotatable bonds is 4. The van der Waals surface area contributed by atoms with Gasteiger partial charge in [0, 0.05) is 32.3 Å². The first-order valence-corrected chi connectivity index (χ1v) is 8.66. The van der Waals surface area contributed by atoms with Crippen LogP contribution in [0.25, 0.3) is 6.08 Å². The number of piperazine rings is 1. The molecule has 0 bridgehead atoms. The molecule has 0 spiro atoms. The molecule has 2 aromatic rings. The highest BCUT2D eigenvalue weighted by Gasteiger charge is 2.23. The number of benzene rings is 2. The summed E-state index contributed by atoms with van der Waals surface area (Å²) in [5.41, 5.74) is 1.77. The van der Waals surface area contributed by atoms with Gasteiger partial charge in [-0.05, 0) is 29.3 Å². The Kier molecular flexibility index (Phi) is 5.79. The molecule has 0 aromatic heterocycles. The van der Waals surface area contributed by atoms with Crippen LogP contribution in [0.15, 0.2) is 60.7 Å². The smallest absolute Gasteiger partial charge is 0.246 e. The highest BCUT2D eigenvalue weighted by molar-refractivity contribution is 5.92. The molecule has 5 heteroatoms. The van der Waals surface area contributed by atoms with Gasteiger partial charge in [0.1, 0.15) is 5.82 Å². The maximum Gasteiger partial charge on any atom is 0.246 e. The first-order valence-electron chi connectivity index (χ1n) is 8.66. The van der Waals surface area contributed by atoms with Gasteiger partial charge in [-0.3, -0.25) is 9.59 Å². The number of halogens is 1. The van der Waals surface area contributed by atoms with Crippen LogP contribution in [0.5, 0.6) is 0 Å². The third kappa shape index (κ3) is 4.79. The quantitative estimate of drug-likeness (QED) is 0.794. The van der Waals surface area contributed by atoms with E-state index >= 15 is 0 Å². The molecule has 0 N–H and O–H groups in total. The van der Waals surface area contributed by atoms with Crippen LogP contribution in [0.4, 0.5) is 4.39 Å². The minimum absolute atomic E-state index is 0.00327. The Morgan fingerprint density at radius 1 is 0.885 bits per heavy atom. The minimum atomic E-state index is -0.308. The standard InChI is InChI=1S/C21H21FN2O2/c22-19-9-6-18(7-10-19)16-21(26)24-14-12-23(13-15-24)20(25)11-8-17-4-2-1-3-5-17/h1-11H,12-16H2/b11-8+. The monoisotopic (exact) mass is 352 g/mol. The van der Waals surface area contributed by atoms with E-state index in [1.807, 2.05) is 30.3 Å². The largest absolute Gasteiger partial charge is 0.339 e. The Balaban J connectivity index is 1.49. The summed E-state index contributed by atoms with van der Waals surface area (Å²) in [7, 11) is 0. The fourth-order valence-electron chi connectivity index (χ4n) is 2.90. The summed E-state index contributed by atoms with van der Waals surface area (Å²) < 4.78 is 12.9. The highest BCUT2D eigenvalue weighted by atomic mass is 19.1. The predicted molar refractivity (Wildman–Crippen MR) is 98.7 cm³/mol. The van der Waals surface area contributed by atoms with Crippen molar-refractivity contribution in [3.8, 4) is 0 Å². The number of carbonyl (C=O) groups is 2. The molecular weight excluding hydrogens is 331 g/mol. The number of hydrogen-bond acceptors (Lipinski definition) is 2. The Labute approximate surface area is 152 Å². The lowest BCUT2D eigenvalue weighted by Crippen LogP contribution is -2.50. The SMILES string of the molecule is O=C(/C=C/c1ccccc1)N1CCN(C(=O)Cc2ccc(F)cc2)CC1. The molecule has 1 aliphatic heterocycles. The highest BCUT2D eigenvalue weighted by Crippen LogP contribution is 2.09. The van der Waals surface area contributed by atoms with Gasteiger partial charge < -0.3 is 9.80 Å². The second kappa shape index (κ2) is 8.43. The van der Waals surface area contributed by atoms with E-state index in [9.17, 15) is 14.0 Å². The van der Waals surface area contributed by atoms with Crippen LogP contribution in [-0.4, -0.2) is 47.8 Å². The van der Waals surface area contributed by atoms with E-state index in [1.54, 1.807) is 34.1 Å². The Bertz CT molecular complexity index is 779. The van der Waals surface area contributed by atoms with E-state index in [2.05, 4.69) is 0 Å². The summed E-state index contributed by atoms with van der Waals surface area (Å²) in [5.74, 6) is -0.347. The fraction of sp³-hybridized carbons (Fsp3) is 0.238. The third-order valence-electron chi connectivity index (χ3n) is 4.43. The van der Waals surface area contributed by atoms with Gasteiger partial charge in [0.25, 0.3) is 0 Å². The molecule has 1 aliphatic rings. The molecule has 2 amide bonds. The molecule has 1 saturated heterocycles. The average molecular weight is 352 g/mol. The van der Waals surface area contributed by atoms with Crippen LogP contribution in [0, 0.1) is 5.82 Å². The van der Waals surface area contributed by atoms with Crippen LogP contribution in [-0.2, 0) is 16.0 Å². The van der Waals surface area contributed by atoms with E-state index < -0.39 is 0 Å². The Morgan fingerprint density at radius 2 is 1.50 bits per heavy atom. The molecule has 0 aliphatic carbocycles. The van der Waals surface area contributed by atoms with Crippen LogP contribution in [0.2, 0.25) is 0 Å². The van der Waals surface area contributed by atoms with Gasteiger partial charge in [0.2, 0.25) is 11.8 Å². The van der Waals surface area contributed by atoms with E-state index in [4.69, 9.17) is 0 Å². The first kappa shape index (κ1) is 17.9. The molecule has 0 atom stereocenters. The summed E-state index contributed by atoms with van der Waals surface area (Å²) in [5, 5.41) is 0. The van der Waals surface area contributed by atoms with Crippen molar-refractivity contribution in [3.63, 3.8) is 0 Å². The minimum Gasteiger partial charge on any atom is -0.339 e. The van der Waals surface area contributed by atoms with Crippen molar-refractivity contribution >= 4 is 17.9 Å². The number of nitrogens with zero attached hydrogens (tertiary/aromatic N) is 2. The van der Waals surface area contributed by atoms with Gasteiger partial charge in [-0.15, -0.1) is 0 Å². The maximum absolute atomic E-state index is 12.9. The van der Waals surface area contributed by atoms with Gasteiger partial charge >= 0.3 is 0 Å². The molecule has 1 heterocycles. The van der Waals surface area contributed by atoms with Crippen molar-refractivity contribution in [1.29, 1.82) is 0 Å². The first-order chi connectivity index (χ1) is 12.6. The van der Waals surface area contributed by atoms with E-state index in [0.717, 1.165) is 11.1 Å². The summed E-state index contributed by atoms with van der Waals surface area (Å²) in [4.78, 5) is 28.1. The van der Waals surface area contributed by atoms with Crippen LogP contribution in [0.1, 0.15) is 11.1 Å². The van der Waals surface area contributed by atoms with E-state index in [1.165, 1.54) is 12.1 Å². The van der Waals surface area contributed by atoms with Gasteiger partial charge in [-0.1, -0.05) is 42.5 Å².